The maximum absolute atomic E-state index is 6.03. The summed E-state index contributed by atoms with van der Waals surface area (Å²) in [5.74, 6) is 1.06. The van der Waals surface area contributed by atoms with Crippen LogP contribution in [0.2, 0.25) is 0 Å². The van der Waals surface area contributed by atoms with Crippen molar-refractivity contribution in [3.8, 4) is 11.4 Å². The van der Waals surface area contributed by atoms with Crippen LogP contribution in [0.1, 0.15) is 0 Å². The first-order chi connectivity index (χ1) is 11.2. The van der Waals surface area contributed by atoms with Crippen LogP contribution in [-0.2, 0) is 0 Å². The zero-order valence-electron chi connectivity index (χ0n) is 12.3. The van der Waals surface area contributed by atoms with Crippen molar-refractivity contribution < 1.29 is 0 Å². The largest absolute Gasteiger partial charge is 0.383 e. The van der Waals surface area contributed by atoms with Crippen molar-refractivity contribution >= 4 is 38.6 Å². The number of nitrogens with two attached hydrogens (primary N) is 1. The predicted octanol–water partition coefficient (Wildman–Crippen LogP) is 4.05. The summed E-state index contributed by atoms with van der Waals surface area (Å²) in [6.07, 6.45) is 8.63. The normalized spacial score (nSPS) is 11.6. The first-order valence-corrected chi connectivity index (χ1v) is 7.65. The average Bonchev–Trinajstić information content (AvgIpc) is 2.91. The molecule has 0 amide bonds. The van der Waals surface area contributed by atoms with Gasteiger partial charge in [0.15, 0.2) is 11.5 Å². The number of aromatic nitrogens is 4. The zero-order valence-corrected chi connectivity index (χ0v) is 13.9. The Labute approximate surface area is 142 Å². The Hall–Kier alpha value is -2.73. The van der Waals surface area contributed by atoms with Crippen molar-refractivity contribution in [3.63, 3.8) is 0 Å². The smallest absolute Gasteiger partial charge is 0.165 e. The molecular formula is C17H14BrN5. The number of nitrogens with zero attached hydrogens (tertiary/aromatic N) is 4. The molecule has 0 saturated heterocycles. The number of hydrogen-bond donors (Lipinski definition) is 1. The molecule has 0 radical (unpaired) electrons. The number of pyridine rings is 2. The summed E-state index contributed by atoms with van der Waals surface area (Å²) in [6.45, 7) is 7.62. The molecule has 0 atom stereocenters. The van der Waals surface area contributed by atoms with E-state index in [-0.39, 0.29) is 0 Å². The van der Waals surface area contributed by atoms with E-state index in [2.05, 4.69) is 44.0 Å². The number of anilines is 1. The molecule has 0 unspecified atom stereocenters. The Kier molecular flexibility index (Phi) is 4.08. The van der Waals surface area contributed by atoms with Gasteiger partial charge in [-0.3, -0.25) is 4.57 Å². The molecule has 6 heteroatoms. The van der Waals surface area contributed by atoms with Crippen molar-refractivity contribution in [2.24, 2.45) is 0 Å². The topological polar surface area (TPSA) is 69.6 Å². The van der Waals surface area contributed by atoms with Crippen LogP contribution in [0.25, 0.3) is 28.2 Å². The predicted molar refractivity (Wildman–Crippen MR) is 97.5 cm³/mol. The molecule has 2 N–H and O–H groups in total. The Morgan fingerprint density at radius 3 is 2.83 bits per heavy atom. The maximum atomic E-state index is 6.03. The molecule has 0 fully saturated rings. The lowest BCUT2D eigenvalue weighted by Gasteiger charge is -2.10. The molecule has 5 nitrogen and oxygen atoms in total. The minimum absolute atomic E-state index is 0.408. The summed E-state index contributed by atoms with van der Waals surface area (Å²) in [4.78, 5) is 13.3. The molecule has 0 aliphatic heterocycles. The van der Waals surface area contributed by atoms with Gasteiger partial charge in [-0.15, -0.1) is 0 Å². The molecule has 114 valence electrons. The Morgan fingerprint density at radius 1 is 1.30 bits per heavy atom. The van der Waals surface area contributed by atoms with Gasteiger partial charge >= 0.3 is 0 Å². The molecule has 0 aliphatic rings. The van der Waals surface area contributed by atoms with E-state index in [0.717, 1.165) is 21.2 Å². The Morgan fingerprint density at radius 2 is 2.13 bits per heavy atom. The molecular weight excluding hydrogens is 354 g/mol. The fraction of sp³-hybridized carbons (Fsp3) is 0. The van der Waals surface area contributed by atoms with Crippen LogP contribution in [0, 0.1) is 0 Å². The highest BCUT2D eigenvalue weighted by Crippen LogP contribution is 2.30. The molecule has 3 heterocycles. The van der Waals surface area contributed by atoms with Crippen LogP contribution in [0.15, 0.2) is 66.5 Å². The maximum Gasteiger partial charge on any atom is 0.165 e. The molecule has 23 heavy (non-hydrogen) atoms. The number of fused-ring (bicyclic) bond motifs is 1. The van der Waals surface area contributed by atoms with Gasteiger partial charge < -0.3 is 5.73 Å². The second-order valence-corrected chi connectivity index (χ2v) is 5.65. The minimum Gasteiger partial charge on any atom is -0.383 e. The standard InChI is InChI=1S/C17H14BrN5/c1-3-6-12(4-2)23-16(13-7-5-8-20-15(13)19)22-14-9-11(18)10-21-17(14)23/h3-10H,1-2H2,(H2,19,20). The third-order valence-corrected chi connectivity index (χ3v) is 3.73. The summed E-state index contributed by atoms with van der Waals surface area (Å²) in [5.41, 5.74) is 9.02. The quantitative estimate of drug-likeness (QED) is 0.706. The molecule has 0 aromatic carbocycles. The van der Waals surface area contributed by atoms with Gasteiger partial charge in [-0.2, -0.15) is 0 Å². The molecule has 3 rings (SSSR count). The van der Waals surface area contributed by atoms with Gasteiger partial charge in [0.2, 0.25) is 0 Å². The number of hydrogen-bond acceptors (Lipinski definition) is 4. The van der Waals surface area contributed by atoms with Gasteiger partial charge in [0.1, 0.15) is 11.3 Å². The lowest BCUT2D eigenvalue weighted by Crippen LogP contribution is -2.02. The van der Waals surface area contributed by atoms with E-state index >= 15 is 0 Å². The second-order valence-electron chi connectivity index (χ2n) is 4.73. The molecule has 0 saturated carbocycles. The van der Waals surface area contributed by atoms with E-state index in [9.17, 15) is 0 Å². The van der Waals surface area contributed by atoms with Crippen molar-refractivity contribution in [2.45, 2.75) is 0 Å². The fourth-order valence-electron chi connectivity index (χ4n) is 2.33. The molecule has 0 spiro atoms. The number of imidazole rings is 1. The van der Waals surface area contributed by atoms with E-state index in [1.54, 1.807) is 24.5 Å². The molecule has 0 aliphatic carbocycles. The summed E-state index contributed by atoms with van der Waals surface area (Å²) < 4.78 is 2.75. The first-order valence-electron chi connectivity index (χ1n) is 6.86. The summed E-state index contributed by atoms with van der Waals surface area (Å²) in [6, 6.07) is 5.61. The number of nitrogen functional groups attached to an aromatic ring is 1. The van der Waals surface area contributed by atoms with Crippen LogP contribution >= 0.6 is 15.9 Å². The summed E-state index contributed by atoms with van der Waals surface area (Å²) >= 11 is 3.42. The van der Waals surface area contributed by atoms with Crippen LogP contribution in [0.4, 0.5) is 5.82 Å². The summed E-state index contributed by atoms with van der Waals surface area (Å²) in [5, 5.41) is 0. The minimum atomic E-state index is 0.408. The van der Waals surface area contributed by atoms with E-state index < -0.39 is 0 Å². The van der Waals surface area contributed by atoms with Crippen molar-refractivity contribution in [2.75, 3.05) is 5.73 Å². The highest BCUT2D eigenvalue weighted by Gasteiger charge is 2.17. The molecule has 0 bridgehead atoms. The van der Waals surface area contributed by atoms with Crippen LogP contribution < -0.4 is 5.73 Å². The van der Waals surface area contributed by atoms with Crippen molar-refractivity contribution in [3.05, 3.63) is 66.5 Å². The van der Waals surface area contributed by atoms with Gasteiger partial charge in [-0.25, -0.2) is 15.0 Å². The zero-order chi connectivity index (χ0) is 16.4. The first kappa shape index (κ1) is 15.2. The van der Waals surface area contributed by atoms with Gasteiger partial charge in [-0.1, -0.05) is 19.2 Å². The summed E-state index contributed by atoms with van der Waals surface area (Å²) in [7, 11) is 0. The third-order valence-electron chi connectivity index (χ3n) is 3.30. The van der Waals surface area contributed by atoms with Crippen molar-refractivity contribution in [1.82, 2.24) is 19.5 Å². The second kappa shape index (κ2) is 6.18. The molecule has 3 aromatic heterocycles. The number of halogens is 1. The Balaban J connectivity index is 2.41. The van der Waals surface area contributed by atoms with E-state index in [1.165, 1.54) is 0 Å². The van der Waals surface area contributed by atoms with Crippen molar-refractivity contribution in [1.29, 1.82) is 0 Å². The highest BCUT2D eigenvalue weighted by molar-refractivity contribution is 9.10. The fourth-order valence-corrected chi connectivity index (χ4v) is 2.65. The monoisotopic (exact) mass is 367 g/mol. The van der Waals surface area contributed by atoms with E-state index in [0.29, 0.717) is 17.3 Å². The highest BCUT2D eigenvalue weighted by atomic mass is 79.9. The lowest BCUT2D eigenvalue weighted by molar-refractivity contribution is 1.11. The van der Waals surface area contributed by atoms with Crippen LogP contribution in [-0.4, -0.2) is 19.5 Å². The Bertz CT molecular complexity index is 939. The molecule has 3 aromatic rings. The van der Waals surface area contributed by atoms with Gasteiger partial charge in [0, 0.05) is 22.6 Å². The third kappa shape index (κ3) is 2.68. The van der Waals surface area contributed by atoms with E-state index in [1.807, 2.05) is 28.8 Å². The van der Waals surface area contributed by atoms with Gasteiger partial charge in [-0.05, 0) is 46.3 Å². The van der Waals surface area contributed by atoms with Crippen LogP contribution in [0.3, 0.4) is 0 Å². The number of rotatable bonds is 4. The average molecular weight is 368 g/mol. The van der Waals surface area contributed by atoms with E-state index in [4.69, 9.17) is 5.73 Å². The lowest BCUT2D eigenvalue weighted by atomic mass is 10.2. The van der Waals surface area contributed by atoms with Gasteiger partial charge in [0.25, 0.3) is 0 Å². The van der Waals surface area contributed by atoms with Gasteiger partial charge in [0.05, 0.1) is 5.56 Å². The van der Waals surface area contributed by atoms with Crippen LogP contribution in [0.5, 0.6) is 0 Å². The number of allylic oxidation sites excluding steroid dienone is 4. The SMILES string of the molecule is C=CC=C(C=C)n1c(-c2cccnc2N)nc2cc(Br)cnc21.